The van der Waals surface area contributed by atoms with Crippen LogP contribution in [-0.4, -0.2) is 31.9 Å². The van der Waals surface area contributed by atoms with Crippen LogP contribution in [0.1, 0.15) is 37.7 Å². The molecule has 0 saturated carbocycles. The molecule has 0 unspecified atom stereocenters. The van der Waals surface area contributed by atoms with Crippen molar-refractivity contribution in [3.8, 4) is 0 Å². The SMILES string of the molecule is COCCCC[C@@](O)(c1cccc(Cl)c1F)[C@@H]1CCCNC1. The molecule has 1 fully saturated rings. The van der Waals surface area contributed by atoms with Crippen molar-refractivity contribution < 1.29 is 14.2 Å². The predicted octanol–water partition coefficient (Wildman–Crippen LogP) is 3.48. The van der Waals surface area contributed by atoms with Crippen molar-refractivity contribution in [3.05, 3.63) is 34.6 Å². The van der Waals surface area contributed by atoms with Crippen LogP contribution in [0.5, 0.6) is 0 Å². The summed E-state index contributed by atoms with van der Waals surface area (Å²) >= 11 is 5.92. The summed E-state index contributed by atoms with van der Waals surface area (Å²) < 4.78 is 19.6. The molecule has 2 rings (SSSR count). The fourth-order valence-electron chi connectivity index (χ4n) is 3.30. The van der Waals surface area contributed by atoms with Crippen LogP contribution in [0.15, 0.2) is 18.2 Å². The molecule has 1 saturated heterocycles. The van der Waals surface area contributed by atoms with Gasteiger partial charge >= 0.3 is 0 Å². The number of nitrogens with one attached hydrogen (secondary N) is 1. The minimum Gasteiger partial charge on any atom is -0.385 e. The van der Waals surface area contributed by atoms with Gasteiger partial charge in [0.25, 0.3) is 0 Å². The zero-order valence-corrected chi connectivity index (χ0v) is 13.8. The van der Waals surface area contributed by atoms with Crippen molar-refractivity contribution in [1.82, 2.24) is 5.32 Å². The Balaban J connectivity index is 2.25. The molecule has 1 aromatic carbocycles. The van der Waals surface area contributed by atoms with Crippen LogP contribution in [-0.2, 0) is 10.3 Å². The van der Waals surface area contributed by atoms with Gasteiger partial charge in [-0.25, -0.2) is 4.39 Å². The van der Waals surface area contributed by atoms with Gasteiger partial charge in [0.15, 0.2) is 0 Å². The number of benzene rings is 1. The summed E-state index contributed by atoms with van der Waals surface area (Å²) in [4.78, 5) is 0. The van der Waals surface area contributed by atoms with Crippen LogP contribution >= 0.6 is 11.6 Å². The molecule has 0 amide bonds. The number of ether oxygens (including phenoxy) is 1. The molecule has 1 aliphatic heterocycles. The quantitative estimate of drug-likeness (QED) is 0.752. The molecular formula is C17H25ClFNO2. The van der Waals surface area contributed by atoms with Gasteiger partial charge in [-0.05, 0) is 44.7 Å². The summed E-state index contributed by atoms with van der Waals surface area (Å²) in [5.41, 5.74) is -0.859. The van der Waals surface area contributed by atoms with Crippen LogP contribution in [0.4, 0.5) is 4.39 Å². The van der Waals surface area contributed by atoms with Gasteiger partial charge in [0.1, 0.15) is 5.82 Å². The summed E-state index contributed by atoms with van der Waals surface area (Å²) in [5.74, 6) is -0.499. The standard InChI is InChI=1S/C17H25ClFNO2/c1-22-11-3-2-9-17(21,13-6-5-10-20-12-13)14-7-4-8-15(18)16(14)19/h4,7-8,13,20-21H,2-3,5-6,9-12H2,1H3/t13-,17+/m1/s1. The Labute approximate surface area is 136 Å². The van der Waals surface area contributed by atoms with E-state index in [1.54, 1.807) is 19.2 Å². The molecule has 2 N–H and O–H groups in total. The molecule has 22 heavy (non-hydrogen) atoms. The van der Waals surface area contributed by atoms with E-state index in [2.05, 4.69) is 5.32 Å². The van der Waals surface area contributed by atoms with E-state index in [-0.39, 0.29) is 10.9 Å². The maximum atomic E-state index is 14.5. The summed E-state index contributed by atoms with van der Waals surface area (Å²) in [5, 5.41) is 14.7. The molecule has 1 heterocycles. The van der Waals surface area contributed by atoms with Crippen molar-refractivity contribution in [2.24, 2.45) is 5.92 Å². The first kappa shape index (κ1) is 17.7. The third kappa shape index (κ3) is 3.99. The zero-order valence-electron chi connectivity index (χ0n) is 13.1. The van der Waals surface area contributed by atoms with Gasteiger partial charge in [-0.1, -0.05) is 23.7 Å². The monoisotopic (exact) mass is 329 g/mol. The van der Waals surface area contributed by atoms with Crippen LogP contribution in [0.2, 0.25) is 5.02 Å². The Morgan fingerprint density at radius 1 is 1.45 bits per heavy atom. The van der Waals surface area contributed by atoms with E-state index < -0.39 is 11.4 Å². The average Bonchev–Trinajstić information content (AvgIpc) is 2.55. The number of hydrogen-bond donors (Lipinski definition) is 2. The third-order valence-electron chi connectivity index (χ3n) is 4.55. The lowest BCUT2D eigenvalue weighted by atomic mass is 9.74. The highest BCUT2D eigenvalue weighted by Gasteiger charge is 2.40. The number of hydrogen-bond acceptors (Lipinski definition) is 3. The topological polar surface area (TPSA) is 41.5 Å². The van der Waals surface area contributed by atoms with Crippen molar-refractivity contribution in [2.45, 2.75) is 37.7 Å². The maximum Gasteiger partial charge on any atom is 0.147 e. The molecule has 5 heteroatoms. The van der Waals surface area contributed by atoms with Gasteiger partial charge < -0.3 is 15.2 Å². The Morgan fingerprint density at radius 3 is 2.95 bits per heavy atom. The third-order valence-corrected chi connectivity index (χ3v) is 4.84. The molecule has 0 aliphatic carbocycles. The van der Waals surface area contributed by atoms with Crippen molar-refractivity contribution in [3.63, 3.8) is 0 Å². The van der Waals surface area contributed by atoms with E-state index in [1.807, 2.05) is 0 Å². The van der Waals surface area contributed by atoms with Crippen LogP contribution < -0.4 is 5.32 Å². The summed E-state index contributed by atoms with van der Waals surface area (Å²) in [6, 6.07) is 4.88. The average molecular weight is 330 g/mol. The van der Waals surface area contributed by atoms with Gasteiger partial charge in [-0.3, -0.25) is 0 Å². The lowest BCUT2D eigenvalue weighted by Crippen LogP contribution is -2.44. The second-order valence-corrected chi connectivity index (χ2v) is 6.43. The molecule has 0 bridgehead atoms. The first-order valence-corrected chi connectivity index (χ1v) is 8.34. The Morgan fingerprint density at radius 2 is 2.27 bits per heavy atom. The minimum absolute atomic E-state index is 0.00300. The Bertz CT molecular complexity index is 480. The first-order valence-electron chi connectivity index (χ1n) is 7.96. The molecular weight excluding hydrogens is 305 g/mol. The van der Waals surface area contributed by atoms with Crippen molar-refractivity contribution in [2.75, 3.05) is 26.8 Å². The van der Waals surface area contributed by atoms with E-state index >= 15 is 0 Å². The zero-order chi connectivity index (χ0) is 16.0. The molecule has 0 radical (unpaired) electrons. The predicted molar refractivity (Wildman–Crippen MR) is 86.6 cm³/mol. The molecule has 1 aromatic rings. The fourth-order valence-corrected chi connectivity index (χ4v) is 3.47. The Hall–Kier alpha value is -0.680. The molecule has 0 aromatic heterocycles. The summed E-state index contributed by atoms with van der Waals surface area (Å²) in [7, 11) is 1.66. The van der Waals surface area contributed by atoms with E-state index in [4.69, 9.17) is 16.3 Å². The second kappa shape index (κ2) is 8.25. The van der Waals surface area contributed by atoms with Gasteiger partial charge in [-0.2, -0.15) is 0 Å². The number of rotatable bonds is 7. The fraction of sp³-hybridized carbons (Fsp3) is 0.647. The summed E-state index contributed by atoms with van der Waals surface area (Å²) in [6.45, 7) is 2.30. The van der Waals surface area contributed by atoms with E-state index in [1.165, 1.54) is 6.07 Å². The van der Waals surface area contributed by atoms with E-state index in [0.29, 0.717) is 25.1 Å². The molecule has 3 nitrogen and oxygen atoms in total. The molecule has 124 valence electrons. The van der Waals surface area contributed by atoms with Crippen LogP contribution in [0.3, 0.4) is 0 Å². The van der Waals surface area contributed by atoms with Gasteiger partial charge in [0, 0.05) is 31.7 Å². The van der Waals surface area contributed by atoms with Gasteiger partial charge in [-0.15, -0.1) is 0 Å². The largest absolute Gasteiger partial charge is 0.385 e. The lowest BCUT2D eigenvalue weighted by molar-refractivity contribution is -0.0460. The number of aliphatic hydroxyl groups is 1. The lowest BCUT2D eigenvalue weighted by Gasteiger charge is -2.39. The van der Waals surface area contributed by atoms with Crippen LogP contribution in [0.25, 0.3) is 0 Å². The van der Waals surface area contributed by atoms with E-state index in [0.717, 1.165) is 32.2 Å². The van der Waals surface area contributed by atoms with Crippen LogP contribution in [0, 0.1) is 11.7 Å². The molecule has 2 atom stereocenters. The number of halogens is 2. The first-order chi connectivity index (χ1) is 10.6. The second-order valence-electron chi connectivity index (χ2n) is 6.02. The van der Waals surface area contributed by atoms with Gasteiger partial charge in [0.05, 0.1) is 10.6 Å². The smallest absolute Gasteiger partial charge is 0.147 e. The van der Waals surface area contributed by atoms with E-state index in [9.17, 15) is 9.50 Å². The van der Waals surface area contributed by atoms with Crippen molar-refractivity contribution in [1.29, 1.82) is 0 Å². The maximum absolute atomic E-state index is 14.5. The minimum atomic E-state index is -1.18. The summed E-state index contributed by atoms with van der Waals surface area (Å²) in [6.07, 6.45) is 4.03. The highest BCUT2D eigenvalue weighted by molar-refractivity contribution is 6.30. The molecule has 0 spiro atoms. The number of methoxy groups -OCH3 is 1. The normalized spacial score (nSPS) is 21.5. The number of piperidine rings is 1. The highest BCUT2D eigenvalue weighted by atomic mass is 35.5. The highest BCUT2D eigenvalue weighted by Crippen LogP contribution is 2.40. The molecule has 1 aliphatic rings. The van der Waals surface area contributed by atoms with Gasteiger partial charge in [0.2, 0.25) is 0 Å². The van der Waals surface area contributed by atoms with Crippen molar-refractivity contribution >= 4 is 11.6 Å². The number of unbranched alkanes of at least 4 members (excludes halogenated alkanes) is 1. The Kier molecular flexibility index (Phi) is 6.63.